The predicted octanol–water partition coefficient (Wildman–Crippen LogP) is 3.69. The Labute approximate surface area is 152 Å². The molecule has 3 aromatic rings. The number of hydrogen-bond acceptors (Lipinski definition) is 4. The molecule has 0 amide bonds. The van der Waals surface area contributed by atoms with Crippen LogP contribution in [-0.2, 0) is 11.2 Å². The van der Waals surface area contributed by atoms with E-state index in [2.05, 4.69) is 4.98 Å². The van der Waals surface area contributed by atoms with Crippen LogP contribution in [0.5, 0.6) is 5.75 Å². The lowest BCUT2D eigenvalue weighted by atomic mass is 10.1. The molecule has 0 aliphatic rings. The summed E-state index contributed by atoms with van der Waals surface area (Å²) in [5, 5.41) is 0.595. The molecule has 0 saturated carbocycles. The minimum Gasteiger partial charge on any atom is -0.490 e. The lowest BCUT2D eigenvalue weighted by Gasteiger charge is -2.11. The molecule has 0 unspecified atom stereocenters. The van der Waals surface area contributed by atoms with E-state index in [0.717, 1.165) is 28.8 Å². The first-order valence-electron chi connectivity index (χ1n) is 8.16. The van der Waals surface area contributed by atoms with Crippen LogP contribution in [0.1, 0.15) is 11.4 Å². The molecule has 0 bridgehead atoms. The van der Waals surface area contributed by atoms with E-state index in [1.807, 2.05) is 49.4 Å². The van der Waals surface area contributed by atoms with Crippen LogP contribution < -0.4 is 9.57 Å². The van der Waals surface area contributed by atoms with Crippen LogP contribution in [0.15, 0.2) is 42.5 Å². The van der Waals surface area contributed by atoms with Crippen molar-refractivity contribution in [2.75, 3.05) is 26.9 Å². The first-order valence-corrected chi connectivity index (χ1v) is 8.54. The lowest BCUT2D eigenvalue weighted by Crippen LogP contribution is -2.15. The maximum Gasteiger partial charge on any atom is 0.143 e. The van der Waals surface area contributed by atoms with E-state index in [9.17, 15) is 0 Å². The van der Waals surface area contributed by atoms with Gasteiger partial charge in [-0.1, -0.05) is 29.8 Å². The molecule has 25 heavy (non-hydrogen) atoms. The van der Waals surface area contributed by atoms with Crippen molar-refractivity contribution >= 4 is 22.6 Å². The van der Waals surface area contributed by atoms with Crippen molar-refractivity contribution in [3.8, 4) is 5.75 Å². The number of benzene rings is 2. The zero-order chi connectivity index (χ0) is 17.6. The summed E-state index contributed by atoms with van der Waals surface area (Å²) in [6.07, 6.45) is 0.740. The van der Waals surface area contributed by atoms with Gasteiger partial charge in [-0.15, -0.1) is 0 Å². The molecule has 0 spiro atoms. The van der Waals surface area contributed by atoms with Crippen molar-refractivity contribution in [2.45, 2.75) is 13.3 Å². The van der Waals surface area contributed by atoms with Gasteiger partial charge in [-0.3, -0.25) is 0 Å². The molecule has 0 atom stereocenters. The van der Waals surface area contributed by atoms with Gasteiger partial charge in [-0.05, 0) is 36.8 Å². The molecule has 2 aromatic carbocycles. The van der Waals surface area contributed by atoms with Crippen molar-refractivity contribution in [3.63, 3.8) is 0 Å². The molecular weight excluding hydrogens is 340 g/mol. The van der Waals surface area contributed by atoms with Crippen LogP contribution in [0, 0.1) is 6.92 Å². The average molecular weight is 361 g/mol. The minimum absolute atomic E-state index is 0.478. The fourth-order valence-corrected chi connectivity index (χ4v) is 2.85. The highest BCUT2D eigenvalue weighted by Crippen LogP contribution is 2.25. The largest absolute Gasteiger partial charge is 0.490 e. The van der Waals surface area contributed by atoms with Gasteiger partial charge in [0.15, 0.2) is 0 Å². The number of nitrogens with zero attached hydrogens (tertiary/aromatic N) is 2. The second kappa shape index (κ2) is 8.23. The molecule has 0 aliphatic carbocycles. The smallest absolute Gasteiger partial charge is 0.143 e. The molecule has 5 nitrogen and oxygen atoms in total. The Hall–Kier alpha value is -2.24. The number of ether oxygens (including phenoxy) is 2. The lowest BCUT2D eigenvalue weighted by molar-refractivity contribution is 0.117. The molecule has 1 heterocycles. The number of rotatable bonds is 8. The second-order valence-corrected chi connectivity index (χ2v) is 6.04. The van der Waals surface area contributed by atoms with E-state index in [0.29, 0.717) is 30.6 Å². The summed E-state index contributed by atoms with van der Waals surface area (Å²) in [7, 11) is 1.64. The number of halogens is 1. The summed E-state index contributed by atoms with van der Waals surface area (Å²) in [4.78, 5) is 10.4. The summed E-state index contributed by atoms with van der Waals surface area (Å²) in [5.74, 6) is 1.50. The van der Waals surface area contributed by atoms with Crippen molar-refractivity contribution in [3.05, 3.63) is 58.9 Å². The van der Waals surface area contributed by atoms with Gasteiger partial charge in [0.05, 0.1) is 17.1 Å². The molecule has 0 saturated heterocycles. The van der Waals surface area contributed by atoms with Crippen molar-refractivity contribution in [1.82, 2.24) is 9.71 Å². The van der Waals surface area contributed by atoms with Crippen molar-refractivity contribution < 1.29 is 14.3 Å². The molecular formula is C19H21ClN2O3. The highest BCUT2D eigenvalue weighted by molar-refractivity contribution is 6.32. The standard InChI is InChI=1S/C19H21ClN2O3/c1-14-21-17-5-3-4-6-18(17)22(14)25-10-9-15-7-8-19(16(20)13-15)24-12-11-23-2/h3-8,13H,9-12H2,1-2H3. The first-order chi connectivity index (χ1) is 12.2. The Morgan fingerprint density at radius 2 is 1.92 bits per heavy atom. The van der Waals surface area contributed by atoms with E-state index in [-0.39, 0.29) is 0 Å². The van der Waals surface area contributed by atoms with Gasteiger partial charge in [0.1, 0.15) is 30.3 Å². The van der Waals surface area contributed by atoms with E-state index >= 15 is 0 Å². The Balaban J connectivity index is 1.60. The monoisotopic (exact) mass is 360 g/mol. The molecule has 6 heteroatoms. The molecule has 0 aliphatic heterocycles. The summed E-state index contributed by atoms with van der Waals surface area (Å²) in [6.45, 7) is 3.47. The third-order valence-electron chi connectivity index (χ3n) is 3.83. The van der Waals surface area contributed by atoms with Gasteiger partial charge in [-0.25, -0.2) is 4.98 Å². The number of imidazole rings is 1. The third-order valence-corrected chi connectivity index (χ3v) is 4.12. The quantitative estimate of drug-likeness (QED) is 0.575. The van der Waals surface area contributed by atoms with Crippen LogP contribution in [0.25, 0.3) is 11.0 Å². The van der Waals surface area contributed by atoms with Gasteiger partial charge in [0.2, 0.25) is 0 Å². The number of fused-ring (bicyclic) bond motifs is 1. The topological polar surface area (TPSA) is 45.5 Å². The number of aromatic nitrogens is 2. The molecule has 0 fully saturated rings. The van der Waals surface area contributed by atoms with Crippen LogP contribution in [0.3, 0.4) is 0 Å². The van der Waals surface area contributed by atoms with E-state index in [1.54, 1.807) is 11.8 Å². The van der Waals surface area contributed by atoms with E-state index in [4.69, 9.17) is 25.9 Å². The average Bonchev–Trinajstić information content (AvgIpc) is 2.93. The maximum atomic E-state index is 6.27. The summed E-state index contributed by atoms with van der Waals surface area (Å²) in [5.41, 5.74) is 2.99. The normalized spacial score (nSPS) is 11.0. The summed E-state index contributed by atoms with van der Waals surface area (Å²) in [6, 6.07) is 13.7. The number of aryl methyl sites for hydroxylation is 1. The van der Waals surface area contributed by atoms with Crippen molar-refractivity contribution in [2.24, 2.45) is 0 Å². The van der Waals surface area contributed by atoms with E-state index < -0.39 is 0 Å². The fourth-order valence-electron chi connectivity index (χ4n) is 2.59. The van der Waals surface area contributed by atoms with Gasteiger partial charge >= 0.3 is 0 Å². The summed E-state index contributed by atoms with van der Waals surface area (Å²) >= 11 is 6.27. The maximum absolute atomic E-state index is 6.27. The summed E-state index contributed by atoms with van der Waals surface area (Å²) < 4.78 is 12.3. The van der Waals surface area contributed by atoms with Crippen LogP contribution >= 0.6 is 11.6 Å². The highest BCUT2D eigenvalue weighted by Gasteiger charge is 2.08. The van der Waals surface area contributed by atoms with E-state index in [1.165, 1.54) is 0 Å². The number of methoxy groups -OCH3 is 1. The number of para-hydroxylation sites is 2. The van der Waals surface area contributed by atoms with Crippen LogP contribution in [0.4, 0.5) is 0 Å². The van der Waals surface area contributed by atoms with Gasteiger partial charge in [0, 0.05) is 13.5 Å². The third kappa shape index (κ3) is 4.24. The Morgan fingerprint density at radius 1 is 1.08 bits per heavy atom. The zero-order valence-electron chi connectivity index (χ0n) is 14.4. The molecule has 3 rings (SSSR count). The predicted molar refractivity (Wildman–Crippen MR) is 98.4 cm³/mol. The Bertz CT molecular complexity index is 848. The van der Waals surface area contributed by atoms with Crippen LogP contribution in [-0.4, -0.2) is 36.6 Å². The minimum atomic E-state index is 0.478. The Kier molecular flexibility index (Phi) is 5.79. The zero-order valence-corrected chi connectivity index (χ0v) is 15.1. The SMILES string of the molecule is COCCOc1ccc(CCOn2c(C)nc3ccccc32)cc1Cl. The van der Waals surface area contributed by atoms with Crippen molar-refractivity contribution in [1.29, 1.82) is 0 Å². The van der Waals surface area contributed by atoms with Gasteiger partial charge in [-0.2, -0.15) is 4.73 Å². The molecule has 0 radical (unpaired) electrons. The van der Waals surface area contributed by atoms with Gasteiger partial charge in [0.25, 0.3) is 0 Å². The van der Waals surface area contributed by atoms with Crippen LogP contribution in [0.2, 0.25) is 5.02 Å². The van der Waals surface area contributed by atoms with Gasteiger partial charge < -0.3 is 14.3 Å². The highest BCUT2D eigenvalue weighted by atomic mass is 35.5. The second-order valence-electron chi connectivity index (χ2n) is 5.63. The fraction of sp³-hybridized carbons (Fsp3) is 0.316. The number of hydrogen-bond donors (Lipinski definition) is 0. The molecule has 132 valence electrons. The Morgan fingerprint density at radius 3 is 2.72 bits per heavy atom. The molecule has 1 aromatic heterocycles. The molecule has 0 N–H and O–H groups in total. The first kappa shape index (κ1) is 17.6.